The number of hydrogen-bond acceptors (Lipinski definition) is 5. The van der Waals surface area contributed by atoms with Crippen LogP contribution in [0.2, 0.25) is 0 Å². The maximum Gasteiger partial charge on any atom is 0.419 e. The van der Waals surface area contributed by atoms with E-state index in [1.54, 1.807) is 0 Å². The molecule has 0 unspecified atom stereocenters. The van der Waals surface area contributed by atoms with Crippen molar-refractivity contribution in [3.05, 3.63) is 93.1 Å². The highest BCUT2D eigenvalue weighted by molar-refractivity contribution is 5.72. The number of fused-ring (bicyclic) bond motifs is 1. The molecule has 0 saturated carbocycles. The summed E-state index contributed by atoms with van der Waals surface area (Å²) >= 11 is 0. The van der Waals surface area contributed by atoms with Crippen molar-refractivity contribution < 1.29 is 27.4 Å². The molecule has 12 heteroatoms. The maximum atomic E-state index is 13.5. The number of nitrogens with zero attached hydrogens (tertiary/aromatic N) is 4. The van der Waals surface area contributed by atoms with Crippen molar-refractivity contribution in [1.82, 2.24) is 18.7 Å². The van der Waals surface area contributed by atoms with E-state index in [-0.39, 0.29) is 37.3 Å². The van der Waals surface area contributed by atoms with Gasteiger partial charge in [0.1, 0.15) is 11.6 Å². The van der Waals surface area contributed by atoms with Crippen LogP contribution in [0.5, 0.6) is 6.01 Å². The predicted molar refractivity (Wildman–Crippen MR) is 121 cm³/mol. The molecule has 2 heterocycles. The van der Waals surface area contributed by atoms with E-state index in [4.69, 9.17) is 9.84 Å². The monoisotopic (exact) mass is 494 g/mol. The summed E-state index contributed by atoms with van der Waals surface area (Å²) in [5, 5.41) is 9.13. The standard InChI is InChI=1S/C23H22F4N4O4/c1-4-16(23(25,26)27)17(5-2)35-21-28-19-18(31(21)13-14-7-9-15(24)10-8-14)20(33)30(11-6-12-32)22(34)29(19)3/h4-5,7-10,32H,1-2,6,11-13H2,3H3/b17-16-. The van der Waals surface area contributed by atoms with Crippen LogP contribution in [0.15, 0.2) is 70.5 Å². The fraction of sp³-hybridized carbons (Fsp3) is 0.261. The van der Waals surface area contributed by atoms with E-state index >= 15 is 0 Å². The quantitative estimate of drug-likeness (QED) is 0.281. The van der Waals surface area contributed by atoms with Gasteiger partial charge in [-0.05, 0) is 30.2 Å². The van der Waals surface area contributed by atoms with Crippen LogP contribution < -0.4 is 16.0 Å². The highest BCUT2D eigenvalue weighted by Gasteiger charge is 2.35. The van der Waals surface area contributed by atoms with Gasteiger partial charge in [-0.2, -0.15) is 18.2 Å². The largest absolute Gasteiger partial charge is 0.425 e. The number of hydrogen-bond donors (Lipinski definition) is 1. The van der Waals surface area contributed by atoms with E-state index in [0.717, 1.165) is 15.2 Å². The third kappa shape index (κ3) is 5.11. The van der Waals surface area contributed by atoms with Crippen molar-refractivity contribution in [1.29, 1.82) is 0 Å². The van der Waals surface area contributed by atoms with E-state index in [1.165, 1.54) is 35.9 Å². The topological polar surface area (TPSA) is 91.3 Å². The second-order valence-electron chi connectivity index (χ2n) is 7.44. The van der Waals surface area contributed by atoms with Crippen LogP contribution in [0.3, 0.4) is 0 Å². The van der Waals surface area contributed by atoms with Crippen molar-refractivity contribution >= 4 is 11.2 Å². The van der Waals surface area contributed by atoms with Crippen molar-refractivity contribution in [2.45, 2.75) is 25.7 Å². The zero-order valence-electron chi connectivity index (χ0n) is 18.7. The van der Waals surface area contributed by atoms with Gasteiger partial charge in [-0.3, -0.25) is 18.5 Å². The molecule has 0 aliphatic carbocycles. The molecule has 0 fully saturated rings. The van der Waals surface area contributed by atoms with Gasteiger partial charge in [0, 0.05) is 20.2 Å². The van der Waals surface area contributed by atoms with Gasteiger partial charge in [0.25, 0.3) is 5.56 Å². The molecular weight excluding hydrogens is 472 g/mol. The van der Waals surface area contributed by atoms with Gasteiger partial charge in [-0.1, -0.05) is 31.4 Å². The molecule has 3 rings (SSSR count). The summed E-state index contributed by atoms with van der Waals surface area (Å²) in [6.45, 7) is 6.03. The van der Waals surface area contributed by atoms with Crippen molar-refractivity contribution in [2.24, 2.45) is 7.05 Å². The molecule has 35 heavy (non-hydrogen) atoms. The van der Waals surface area contributed by atoms with Crippen molar-refractivity contribution in [2.75, 3.05) is 6.61 Å². The molecule has 0 radical (unpaired) electrons. The van der Waals surface area contributed by atoms with E-state index < -0.39 is 40.6 Å². The molecule has 186 valence electrons. The average Bonchev–Trinajstić information content (AvgIpc) is 3.16. The predicted octanol–water partition coefficient (Wildman–Crippen LogP) is 3.03. The number of rotatable bonds is 9. The first kappa shape index (κ1) is 25.7. The highest BCUT2D eigenvalue weighted by Crippen LogP contribution is 2.31. The number of aryl methyl sites for hydroxylation is 1. The van der Waals surface area contributed by atoms with Gasteiger partial charge in [0.05, 0.1) is 12.1 Å². The summed E-state index contributed by atoms with van der Waals surface area (Å²) in [6.07, 6.45) is -3.32. The highest BCUT2D eigenvalue weighted by atomic mass is 19.4. The van der Waals surface area contributed by atoms with Crippen molar-refractivity contribution in [3.63, 3.8) is 0 Å². The number of halogens is 4. The number of allylic oxidation sites excluding steroid dienone is 3. The Morgan fingerprint density at radius 1 is 1.14 bits per heavy atom. The Balaban J connectivity index is 2.33. The molecule has 1 aromatic carbocycles. The molecule has 0 aliphatic rings. The number of aliphatic hydroxyl groups is 1. The average molecular weight is 494 g/mol. The number of benzene rings is 1. The summed E-state index contributed by atoms with van der Waals surface area (Å²) in [5.41, 5.74) is -2.50. The van der Waals surface area contributed by atoms with E-state index in [9.17, 15) is 27.2 Å². The minimum absolute atomic E-state index is 0.0949. The Bertz CT molecular complexity index is 1410. The summed E-state index contributed by atoms with van der Waals surface area (Å²) in [7, 11) is 1.34. The number of ether oxygens (including phenoxy) is 1. The zero-order valence-corrected chi connectivity index (χ0v) is 18.7. The summed E-state index contributed by atoms with van der Waals surface area (Å²) in [6, 6.07) is 4.78. The smallest absolute Gasteiger partial charge is 0.419 e. The van der Waals surface area contributed by atoms with Crippen LogP contribution >= 0.6 is 0 Å². The number of alkyl halides is 3. The third-order valence-electron chi connectivity index (χ3n) is 5.15. The van der Waals surface area contributed by atoms with Crippen LogP contribution in [0.4, 0.5) is 17.6 Å². The fourth-order valence-corrected chi connectivity index (χ4v) is 3.44. The first-order valence-corrected chi connectivity index (χ1v) is 10.3. The molecule has 3 aromatic rings. The first-order chi connectivity index (χ1) is 16.5. The lowest BCUT2D eigenvalue weighted by Gasteiger charge is -2.14. The first-order valence-electron chi connectivity index (χ1n) is 10.3. The van der Waals surface area contributed by atoms with E-state index in [2.05, 4.69) is 18.1 Å². The van der Waals surface area contributed by atoms with Crippen molar-refractivity contribution in [3.8, 4) is 6.01 Å². The molecule has 1 N–H and O–H groups in total. The number of aliphatic hydroxyl groups excluding tert-OH is 1. The SMILES string of the molecule is C=C/C(Oc1nc2c(c(=O)n(CCCO)c(=O)n2C)n1Cc1ccc(F)cc1)=C(\C=C)C(F)(F)F. The summed E-state index contributed by atoms with van der Waals surface area (Å²) in [5.74, 6) is -1.22. The molecule has 0 saturated heterocycles. The van der Waals surface area contributed by atoms with Gasteiger partial charge < -0.3 is 9.84 Å². The lowest BCUT2D eigenvalue weighted by Crippen LogP contribution is -2.39. The van der Waals surface area contributed by atoms with E-state index in [1.807, 2.05) is 0 Å². The van der Waals surface area contributed by atoms with Crippen LogP contribution in [-0.4, -0.2) is 36.6 Å². The molecule has 0 spiro atoms. The van der Waals surface area contributed by atoms with Gasteiger partial charge in [-0.15, -0.1) is 0 Å². The Morgan fingerprint density at radius 2 is 1.80 bits per heavy atom. The number of aromatic nitrogens is 4. The molecule has 0 amide bonds. The molecule has 0 aliphatic heterocycles. The Kier molecular flexibility index (Phi) is 7.44. The minimum atomic E-state index is -4.82. The van der Waals surface area contributed by atoms with Crippen LogP contribution in [-0.2, 0) is 20.1 Å². The lowest BCUT2D eigenvalue weighted by atomic mass is 10.2. The summed E-state index contributed by atoms with van der Waals surface area (Å²) in [4.78, 5) is 30.1. The second kappa shape index (κ2) is 10.1. The Labute approximate surface area is 196 Å². The zero-order chi connectivity index (χ0) is 25.9. The van der Waals surface area contributed by atoms with Crippen LogP contribution in [0.1, 0.15) is 12.0 Å². The fourth-order valence-electron chi connectivity index (χ4n) is 3.44. The Morgan fingerprint density at radius 3 is 2.34 bits per heavy atom. The number of imidazole rings is 1. The normalized spacial score (nSPS) is 12.5. The molecule has 0 bridgehead atoms. The molecule has 8 nitrogen and oxygen atoms in total. The minimum Gasteiger partial charge on any atom is -0.425 e. The molecule has 2 aromatic heterocycles. The van der Waals surface area contributed by atoms with Crippen LogP contribution in [0, 0.1) is 5.82 Å². The van der Waals surface area contributed by atoms with Gasteiger partial charge in [0.15, 0.2) is 11.2 Å². The summed E-state index contributed by atoms with van der Waals surface area (Å²) < 4.78 is 62.4. The van der Waals surface area contributed by atoms with Crippen LogP contribution in [0.25, 0.3) is 11.2 Å². The van der Waals surface area contributed by atoms with Gasteiger partial charge >= 0.3 is 17.9 Å². The lowest BCUT2D eigenvalue weighted by molar-refractivity contribution is -0.0902. The maximum absolute atomic E-state index is 13.5. The van der Waals surface area contributed by atoms with Gasteiger partial charge in [-0.25, -0.2) is 9.18 Å². The third-order valence-corrected chi connectivity index (χ3v) is 5.15. The second-order valence-corrected chi connectivity index (χ2v) is 7.44. The van der Waals surface area contributed by atoms with E-state index in [0.29, 0.717) is 11.6 Å². The van der Waals surface area contributed by atoms with Gasteiger partial charge in [0.2, 0.25) is 0 Å². The molecule has 0 atom stereocenters. The molecular formula is C23H22F4N4O4. The Hall–Kier alpha value is -3.93.